The van der Waals surface area contributed by atoms with Gasteiger partial charge in [-0.15, -0.1) is 0 Å². The van der Waals surface area contributed by atoms with Crippen LogP contribution in [0.15, 0.2) is 48.8 Å². The lowest BCUT2D eigenvalue weighted by molar-refractivity contribution is -0.384. The average molecular weight is 394 g/mol. The summed E-state index contributed by atoms with van der Waals surface area (Å²) < 4.78 is 7.49. The fourth-order valence-electron chi connectivity index (χ4n) is 2.98. The fraction of sp³-hybridized carbons (Fsp3) is 0.238. The number of amides is 1. The molecule has 0 atom stereocenters. The van der Waals surface area contributed by atoms with Gasteiger partial charge in [-0.1, -0.05) is 6.07 Å². The summed E-state index contributed by atoms with van der Waals surface area (Å²) in [6, 6.07) is 9.91. The van der Waals surface area contributed by atoms with Crippen LogP contribution in [0.3, 0.4) is 0 Å². The summed E-state index contributed by atoms with van der Waals surface area (Å²) in [5.74, 6) is 0.590. The highest BCUT2D eigenvalue weighted by Crippen LogP contribution is 2.30. The molecule has 0 saturated heterocycles. The number of carbonyl (C=O) groups is 1. The lowest BCUT2D eigenvalue weighted by Crippen LogP contribution is -2.15. The molecule has 2 aromatic carbocycles. The Balaban J connectivity index is 1.75. The largest absolute Gasteiger partial charge is 0.457 e. The first-order valence-electron chi connectivity index (χ1n) is 9.13. The van der Waals surface area contributed by atoms with Crippen LogP contribution in [0.2, 0.25) is 0 Å². The van der Waals surface area contributed by atoms with E-state index in [1.54, 1.807) is 16.9 Å². The summed E-state index contributed by atoms with van der Waals surface area (Å²) in [7, 11) is 0. The van der Waals surface area contributed by atoms with Crippen LogP contribution in [0.4, 0.5) is 11.4 Å². The second-order valence-electron chi connectivity index (χ2n) is 6.98. The van der Waals surface area contributed by atoms with E-state index < -0.39 is 4.92 Å². The first-order valence-corrected chi connectivity index (χ1v) is 9.13. The summed E-state index contributed by atoms with van der Waals surface area (Å²) in [6.45, 7) is 6.23. The van der Waals surface area contributed by atoms with Crippen molar-refractivity contribution in [2.45, 2.75) is 33.7 Å². The van der Waals surface area contributed by atoms with Crippen molar-refractivity contribution in [3.63, 3.8) is 0 Å². The number of non-ortho nitro benzene ring substituents is 1. The van der Waals surface area contributed by atoms with Gasteiger partial charge in [0.25, 0.3) is 5.69 Å². The highest BCUT2D eigenvalue weighted by atomic mass is 16.6. The zero-order valence-corrected chi connectivity index (χ0v) is 16.5. The molecular formula is C21H22N4O4. The number of hydrogen-bond acceptors (Lipinski definition) is 5. The van der Waals surface area contributed by atoms with Crippen LogP contribution in [0.25, 0.3) is 0 Å². The van der Waals surface area contributed by atoms with Gasteiger partial charge >= 0.3 is 0 Å². The number of ether oxygens (including phenoxy) is 1. The van der Waals surface area contributed by atoms with Crippen LogP contribution in [-0.4, -0.2) is 20.6 Å². The van der Waals surface area contributed by atoms with Crippen LogP contribution < -0.4 is 10.1 Å². The van der Waals surface area contributed by atoms with Gasteiger partial charge in [-0.2, -0.15) is 5.10 Å². The molecule has 8 heteroatoms. The highest BCUT2D eigenvalue weighted by Gasteiger charge is 2.13. The quantitative estimate of drug-likeness (QED) is 0.468. The van der Waals surface area contributed by atoms with Crippen LogP contribution in [0, 0.1) is 30.9 Å². The predicted octanol–water partition coefficient (Wildman–Crippen LogP) is 4.54. The smallest absolute Gasteiger partial charge is 0.275 e. The molecule has 1 amide bonds. The van der Waals surface area contributed by atoms with E-state index in [1.807, 2.05) is 45.2 Å². The normalized spacial score (nSPS) is 10.6. The summed E-state index contributed by atoms with van der Waals surface area (Å²) in [6.07, 6.45) is 3.75. The van der Waals surface area contributed by atoms with Gasteiger partial charge in [0.1, 0.15) is 11.5 Å². The fourth-order valence-corrected chi connectivity index (χ4v) is 2.98. The van der Waals surface area contributed by atoms with Gasteiger partial charge in [-0.05, 0) is 49.6 Å². The highest BCUT2D eigenvalue weighted by molar-refractivity contribution is 5.91. The molecule has 0 fully saturated rings. The van der Waals surface area contributed by atoms with Gasteiger partial charge in [0, 0.05) is 31.3 Å². The van der Waals surface area contributed by atoms with Gasteiger partial charge in [0.05, 0.1) is 22.9 Å². The van der Waals surface area contributed by atoms with Crippen LogP contribution in [0.1, 0.15) is 23.1 Å². The second kappa shape index (κ2) is 8.55. The Labute approximate surface area is 168 Å². The van der Waals surface area contributed by atoms with E-state index in [2.05, 4.69) is 10.4 Å². The summed E-state index contributed by atoms with van der Waals surface area (Å²) in [5.41, 5.74) is 3.20. The number of aryl methyl sites for hydroxylation is 4. The van der Waals surface area contributed by atoms with Gasteiger partial charge in [-0.25, -0.2) is 0 Å². The molecule has 3 aromatic rings. The molecule has 150 valence electrons. The third-order valence-corrected chi connectivity index (χ3v) is 4.15. The Kier molecular flexibility index (Phi) is 5.92. The molecule has 0 saturated carbocycles. The zero-order valence-electron chi connectivity index (χ0n) is 16.5. The molecule has 0 bridgehead atoms. The number of nitrogens with zero attached hydrogens (tertiary/aromatic N) is 3. The molecule has 0 aliphatic rings. The van der Waals surface area contributed by atoms with E-state index in [9.17, 15) is 14.9 Å². The molecule has 1 N–H and O–H groups in total. The van der Waals surface area contributed by atoms with Crippen molar-refractivity contribution in [1.29, 1.82) is 0 Å². The number of nitro benzene ring substituents is 1. The average Bonchev–Trinajstić information content (AvgIpc) is 3.04. The number of nitro groups is 1. The molecular weight excluding hydrogens is 372 g/mol. The molecule has 0 unspecified atom stereocenters. The van der Waals surface area contributed by atoms with Crippen molar-refractivity contribution in [2.75, 3.05) is 5.32 Å². The Hall–Kier alpha value is -3.68. The molecule has 0 aliphatic carbocycles. The van der Waals surface area contributed by atoms with Gasteiger partial charge in [0.15, 0.2) is 0 Å². The van der Waals surface area contributed by atoms with Crippen molar-refractivity contribution < 1.29 is 14.5 Å². The Morgan fingerprint density at radius 1 is 1.07 bits per heavy atom. The molecule has 3 rings (SSSR count). The van der Waals surface area contributed by atoms with Crippen LogP contribution in [0.5, 0.6) is 11.5 Å². The molecule has 0 spiro atoms. The van der Waals surface area contributed by atoms with Crippen LogP contribution >= 0.6 is 0 Å². The minimum Gasteiger partial charge on any atom is -0.457 e. The lowest BCUT2D eigenvalue weighted by atomic mass is 10.1. The first kappa shape index (κ1) is 20.1. The van der Waals surface area contributed by atoms with Gasteiger partial charge in [0.2, 0.25) is 5.91 Å². The molecule has 8 nitrogen and oxygen atoms in total. The van der Waals surface area contributed by atoms with Crippen molar-refractivity contribution >= 4 is 17.3 Å². The van der Waals surface area contributed by atoms with Gasteiger partial charge in [-0.3, -0.25) is 19.6 Å². The molecule has 0 radical (unpaired) electrons. The SMILES string of the molecule is Cc1cc(C)cc(Oc2cc(NC(=O)CCn3cc(C)cn3)cc([N+](=O)[O-])c2)c1. The maximum Gasteiger partial charge on any atom is 0.275 e. The summed E-state index contributed by atoms with van der Waals surface area (Å²) in [4.78, 5) is 23.0. The summed E-state index contributed by atoms with van der Waals surface area (Å²) >= 11 is 0. The minimum absolute atomic E-state index is 0.162. The number of nitrogens with one attached hydrogen (secondary N) is 1. The van der Waals surface area contributed by atoms with Gasteiger partial charge < -0.3 is 10.1 Å². The number of anilines is 1. The number of rotatable bonds is 7. The number of carbonyl (C=O) groups excluding carboxylic acids is 1. The number of benzene rings is 2. The predicted molar refractivity (Wildman–Crippen MR) is 109 cm³/mol. The maximum atomic E-state index is 12.3. The molecule has 0 aliphatic heterocycles. The minimum atomic E-state index is -0.517. The molecule has 1 aromatic heterocycles. The monoisotopic (exact) mass is 394 g/mol. The van der Waals surface area contributed by atoms with Crippen molar-refractivity contribution in [3.8, 4) is 11.5 Å². The van der Waals surface area contributed by atoms with E-state index in [0.717, 1.165) is 16.7 Å². The van der Waals surface area contributed by atoms with Crippen molar-refractivity contribution in [1.82, 2.24) is 9.78 Å². The third-order valence-electron chi connectivity index (χ3n) is 4.15. The zero-order chi connectivity index (χ0) is 21.0. The second-order valence-corrected chi connectivity index (χ2v) is 6.98. The third kappa shape index (κ3) is 5.65. The number of aromatic nitrogens is 2. The molecule has 1 heterocycles. The van der Waals surface area contributed by atoms with E-state index >= 15 is 0 Å². The first-order chi connectivity index (χ1) is 13.8. The van der Waals surface area contributed by atoms with E-state index in [4.69, 9.17) is 4.74 Å². The summed E-state index contributed by atoms with van der Waals surface area (Å²) in [5, 5.41) is 18.1. The van der Waals surface area contributed by atoms with E-state index in [0.29, 0.717) is 18.0 Å². The molecule has 29 heavy (non-hydrogen) atoms. The topological polar surface area (TPSA) is 99.3 Å². The lowest BCUT2D eigenvalue weighted by Gasteiger charge is -2.11. The number of hydrogen-bond donors (Lipinski definition) is 1. The van der Waals surface area contributed by atoms with Crippen molar-refractivity contribution in [2.24, 2.45) is 0 Å². The van der Waals surface area contributed by atoms with Crippen LogP contribution in [-0.2, 0) is 11.3 Å². The Bertz CT molecular complexity index is 1040. The maximum absolute atomic E-state index is 12.3. The Morgan fingerprint density at radius 3 is 2.38 bits per heavy atom. The van der Waals surface area contributed by atoms with E-state index in [-0.39, 0.29) is 23.8 Å². The standard InChI is InChI=1S/C21H22N4O4/c1-14-6-15(2)8-19(7-14)29-20-10-17(9-18(11-20)25(27)28)23-21(26)4-5-24-13-16(3)12-22-24/h6-13H,4-5H2,1-3H3,(H,23,26). The Morgan fingerprint density at radius 2 is 1.76 bits per heavy atom. The van der Waals surface area contributed by atoms with E-state index in [1.165, 1.54) is 12.1 Å². The van der Waals surface area contributed by atoms with Crippen molar-refractivity contribution in [3.05, 3.63) is 75.6 Å².